The van der Waals surface area contributed by atoms with Gasteiger partial charge in [-0.05, 0) is 6.42 Å². The summed E-state index contributed by atoms with van der Waals surface area (Å²) < 4.78 is 20.8. The lowest BCUT2D eigenvalue weighted by Crippen LogP contribution is -2.33. The molecule has 1 aliphatic heterocycles. The average molecular weight is 343 g/mol. The third-order valence-corrected chi connectivity index (χ3v) is 3.05. The van der Waals surface area contributed by atoms with Crippen molar-refractivity contribution in [2.24, 2.45) is 0 Å². The second-order valence-corrected chi connectivity index (χ2v) is 4.97. The molecule has 8 nitrogen and oxygen atoms in total. The third kappa shape index (κ3) is 8.76. The summed E-state index contributed by atoms with van der Waals surface area (Å²) in [6.07, 6.45) is 3.70. The molecule has 2 amide bonds. The van der Waals surface area contributed by atoms with Crippen molar-refractivity contribution < 1.29 is 33.3 Å². The fourth-order valence-electron chi connectivity index (χ4n) is 1.84. The van der Waals surface area contributed by atoms with Crippen LogP contribution in [0.1, 0.15) is 19.8 Å². The second kappa shape index (κ2) is 12.6. The number of rotatable bonds is 14. The van der Waals surface area contributed by atoms with Crippen LogP contribution in [0.2, 0.25) is 0 Å². The van der Waals surface area contributed by atoms with E-state index in [1.54, 1.807) is 0 Å². The Balaban J connectivity index is 1.80. The number of nitrogens with zero attached hydrogens (tertiary/aromatic N) is 1. The molecule has 0 aliphatic carbocycles. The maximum atomic E-state index is 11.3. The van der Waals surface area contributed by atoms with Crippen molar-refractivity contribution in [1.82, 2.24) is 4.90 Å². The Kier molecular flexibility index (Phi) is 10.7. The highest BCUT2D eigenvalue weighted by atomic mass is 16.6. The zero-order chi connectivity index (χ0) is 17.6. The first-order valence-corrected chi connectivity index (χ1v) is 8.07. The fraction of sp³-hybridized carbons (Fsp3) is 0.688. The summed E-state index contributed by atoms with van der Waals surface area (Å²) in [5, 5.41) is 0. The Labute approximate surface area is 141 Å². The van der Waals surface area contributed by atoms with Crippen LogP contribution in [0.5, 0.6) is 0 Å². The van der Waals surface area contributed by atoms with Crippen molar-refractivity contribution >= 4 is 17.8 Å². The van der Waals surface area contributed by atoms with Gasteiger partial charge in [-0.2, -0.15) is 0 Å². The molecule has 0 unspecified atom stereocenters. The van der Waals surface area contributed by atoms with Gasteiger partial charge >= 0.3 is 5.97 Å². The molecule has 0 bridgehead atoms. The van der Waals surface area contributed by atoms with E-state index in [9.17, 15) is 14.4 Å². The van der Waals surface area contributed by atoms with Crippen molar-refractivity contribution in [3.05, 3.63) is 12.2 Å². The minimum Gasteiger partial charge on any atom is -0.463 e. The molecule has 0 spiro atoms. The molecule has 1 heterocycles. The quantitative estimate of drug-likeness (QED) is 0.254. The summed E-state index contributed by atoms with van der Waals surface area (Å²) in [4.78, 5) is 34.7. The smallest absolute Gasteiger partial charge is 0.305 e. The van der Waals surface area contributed by atoms with E-state index in [4.69, 9.17) is 18.9 Å². The van der Waals surface area contributed by atoms with Crippen LogP contribution in [0.25, 0.3) is 0 Å². The van der Waals surface area contributed by atoms with Crippen LogP contribution in [0.15, 0.2) is 12.2 Å². The van der Waals surface area contributed by atoms with E-state index in [0.717, 1.165) is 11.3 Å². The van der Waals surface area contributed by atoms with Crippen LogP contribution < -0.4 is 0 Å². The zero-order valence-electron chi connectivity index (χ0n) is 14.0. The van der Waals surface area contributed by atoms with Crippen LogP contribution in [0.3, 0.4) is 0 Å². The zero-order valence-corrected chi connectivity index (χ0v) is 14.0. The summed E-state index contributed by atoms with van der Waals surface area (Å²) in [5.41, 5.74) is 0. The van der Waals surface area contributed by atoms with Crippen LogP contribution in [-0.2, 0) is 33.3 Å². The minimum atomic E-state index is -0.308. The molecule has 136 valence electrons. The molecule has 8 heteroatoms. The van der Waals surface area contributed by atoms with Crippen LogP contribution in [0, 0.1) is 0 Å². The Morgan fingerprint density at radius 3 is 1.92 bits per heavy atom. The molecular formula is C16H25NO7. The number of hydrogen-bond acceptors (Lipinski definition) is 7. The Bertz CT molecular complexity index is 418. The normalized spacial score (nSPS) is 13.8. The SMILES string of the molecule is CCCC(=O)OCCOCCOCCOCCN1C(=O)C=CC1=O. The molecular weight excluding hydrogens is 318 g/mol. The second-order valence-electron chi connectivity index (χ2n) is 4.97. The van der Waals surface area contributed by atoms with Gasteiger partial charge in [-0.3, -0.25) is 19.3 Å². The Hall–Kier alpha value is -1.77. The molecule has 0 atom stereocenters. The monoisotopic (exact) mass is 343 g/mol. The first kappa shape index (κ1) is 20.3. The van der Waals surface area contributed by atoms with Gasteiger partial charge in [-0.15, -0.1) is 0 Å². The van der Waals surface area contributed by atoms with E-state index in [1.165, 1.54) is 12.2 Å². The van der Waals surface area contributed by atoms with Crippen LogP contribution in [-0.4, -0.2) is 75.5 Å². The Morgan fingerprint density at radius 1 is 0.875 bits per heavy atom. The summed E-state index contributed by atoms with van der Waals surface area (Å²) in [5.74, 6) is -0.822. The molecule has 0 aromatic rings. The molecule has 24 heavy (non-hydrogen) atoms. The molecule has 1 aliphatic rings. The summed E-state index contributed by atoms with van der Waals surface area (Å²) >= 11 is 0. The first-order chi connectivity index (χ1) is 11.6. The number of imide groups is 1. The molecule has 0 saturated carbocycles. The highest BCUT2D eigenvalue weighted by molar-refractivity contribution is 6.12. The standard InChI is InChI=1S/C16H25NO7/c1-2-3-16(20)24-13-12-23-11-10-22-9-8-21-7-6-17-14(18)4-5-15(17)19/h4-5H,2-3,6-13H2,1H3. The lowest BCUT2D eigenvalue weighted by atomic mass is 10.3. The van der Waals surface area contributed by atoms with E-state index < -0.39 is 0 Å². The number of ether oxygens (including phenoxy) is 4. The Morgan fingerprint density at radius 2 is 1.38 bits per heavy atom. The van der Waals surface area contributed by atoms with Crippen molar-refractivity contribution in [2.45, 2.75) is 19.8 Å². The van der Waals surface area contributed by atoms with Crippen LogP contribution >= 0.6 is 0 Å². The van der Waals surface area contributed by atoms with Gasteiger partial charge in [0.25, 0.3) is 11.8 Å². The average Bonchev–Trinajstić information content (AvgIpc) is 2.87. The highest BCUT2D eigenvalue weighted by Crippen LogP contribution is 2.02. The van der Waals surface area contributed by atoms with E-state index in [-0.39, 0.29) is 37.5 Å². The molecule has 0 saturated heterocycles. The highest BCUT2D eigenvalue weighted by Gasteiger charge is 2.22. The van der Waals surface area contributed by atoms with Crippen molar-refractivity contribution in [1.29, 1.82) is 0 Å². The predicted octanol–water partition coefficient (Wildman–Crippen LogP) is 0.305. The number of esters is 1. The third-order valence-electron chi connectivity index (χ3n) is 3.05. The molecule has 0 N–H and O–H groups in total. The van der Waals surface area contributed by atoms with Gasteiger partial charge in [0.2, 0.25) is 0 Å². The fourth-order valence-corrected chi connectivity index (χ4v) is 1.84. The van der Waals surface area contributed by atoms with Crippen LogP contribution in [0.4, 0.5) is 0 Å². The minimum absolute atomic E-state index is 0.206. The number of hydrogen-bond donors (Lipinski definition) is 0. The van der Waals surface area contributed by atoms with Gasteiger partial charge in [0.15, 0.2) is 0 Å². The summed E-state index contributed by atoms with van der Waals surface area (Å²) in [6, 6.07) is 0. The van der Waals surface area contributed by atoms with E-state index in [2.05, 4.69) is 0 Å². The molecule has 1 rings (SSSR count). The largest absolute Gasteiger partial charge is 0.463 e. The van der Waals surface area contributed by atoms with Gasteiger partial charge in [-0.1, -0.05) is 6.92 Å². The number of carbonyl (C=O) groups is 3. The van der Waals surface area contributed by atoms with Gasteiger partial charge in [-0.25, -0.2) is 0 Å². The van der Waals surface area contributed by atoms with Crippen molar-refractivity contribution in [3.63, 3.8) is 0 Å². The van der Waals surface area contributed by atoms with Gasteiger partial charge in [0, 0.05) is 18.6 Å². The molecule has 0 fully saturated rings. The molecule has 0 aromatic carbocycles. The van der Waals surface area contributed by atoms with Crippen molar-refractivity contribution in [2.75, 3.05) is 52.8 Å². The number of amides is 2. The molecule has 0 radical (unpaired) electrons. The van der Waals surface area contributed by atoms with Gasteiger partial charge < -0.3 is 18.9 Å². The number of carbonyl (C=O) groups excluding carboxylic acids is 3. The summed E-state index contributed by atoms with van der Waals surface area (Å²) in [6.45, 7) is 4.64. The lowest BCUT2D eigenvalue weighted by Gasteiger charge is -2.13. The maximum absolute atomic E-state index is 11.3. The first-order valence-electron chi connectivity index (χ1n) is 8.07. The van der Waals surface area contributed by atoms with Gasteiger partial charge in [0.1, 0.15) is 6.61 Å². The topological polar surface area (TPSA) is 91.4 Å². The van der Waals surface area contributed by atoms with E-state index >= 15 is 0 Å². The van der Waals surface area contributed by atoms with Crippen molar-refractivity contribution in [3.8, 4) is 0 Å². The van der Waals surface area contributed by atoms with E-state index in [0.29, 0.717) is 39.5 Å². The van der Waals surface area contributed by atoms with E-state index in [1.807, 2.05) is 6.92 Å². The predicted molar refractivity (Wildman–Crippen MR) is 84.2 cm³/mol. The maximum Gasteiger partial charge on any atom is 0.305 e. The summed E-state index contributed by atoms with van der Waals surface area (Å²) in [7, 11) is 0. The van der Waals surface area contributed by atoms with Gasteiger partial charge in [0.05, 0.1) is 46.2 Å². The molecule has 0 aromatic heterocycles. The lowest BCUT2D eigenvalue weighted by molar-refractivity contribution is -0.145.